The highest BCUT2D eigenvalue weighted by atomic mass is 32.1. The highest BCUT2D eigenvalue weighted by Crippen LogP contribution is 2.25. The average Bonchev–Trinajstić information content (AvgIpc) is 3.59. The molecule has 172 valence electrons. The fourth-order valence-corrected chi connectivity index (χ4v) is 5.04. The van der Waals surface area contributed by atoms with Gasteiger partial charge in [0.1, 0.15) is 0 Å². The third-order valence-corrected chi connectivity index (χ3v) is 6.98. The Balaban J connectivity index is 1.31. The fraction of sp³-hybridized carbons (Fsp3) is 0.222. The summed E-state index contributed by atoms with van der Waals surface area (Å²) in [5.41, 5.74) is 3.77. The molecule has 4 aromatic rings. The second-order valence-electron chi connectivity index (χ2n) is 8.43. The minimum atomic E-state index is -0.206. The van der Waals surface area contributed by atoms with E-state index in [9.17, 15) is 9.59 Å². The number of hydrogen-bond donors (Lipinski definition) is 1. The zero-order valence-electron chi connectivity index (χ0n) is 18.8. The van der Waals surface area contributed by atoms with Gasteiger partial charge < -0.3 is 10.2 Å². The second-order valence-corrected chi connectivity index (χ2v) is 9.38. The Morgan fingerprint density at radius 3 is 2.50 bits per heavy atom. The van der Waals surface area contributed by atoms with Crippen LogP contribution in [0.3, 0.4) is 0 Å². The van der Waals surface area contributed by atoms with Gasteiger partial charge in [0, 0.05) is 37.0 Å². The Morgan fingerprint density at radius 2 is 1.76 bits per heavy atom. The van der Waals surface area contributed by atoms with E-state index in [1.807, 2.05) is 94.0 Å². The number of carbonyl (C=O) groups is 2. The van der Waals surface area contributed by atoms with Crippen LogP contribution in [0.5, 0.6) is 0 Å². The number of nitrogens with one attached hydrogen (secondary N) is 1. The smallest absolute Gasteiger partial charge is 0.263 e. The summed E-state index contributed by atoms with van der Waals surface area (Å²) in [5.74, 6) is -0.208. The Labute approximate surface area is 202 Å². The molecule has 0 saturated carbocycles. The van der Waals surface area contributed by atoms with Crippen LogP contribution in [0.25, 0.3) is 16.9 Å². The number of benzene rings is 2. The number of carbonyl (C=O) groups excluding carboxylic acids is 2. The highest BCUT2D eigenvalue weighted by molar-refractivity contribution is 7.12. The molecular formula is C27H26N4O2S. The van der Waals surface area contributed by atoms with Gasteiger partial charge in [0.2, 0.25) is 5.91 Å². The van der Waals surface area contributed by atoms with Crippen LogP contribution < -0.4 is 5.32 Å². The summed E-state index contributed by atoms with van der Waals surface area (Å²) in [4.78, 5) is 28.3. The lowest BCUT2D eigenvalue weighted by Crippen LogP contribution is -2.45. The summed E-state index contributed by atoms with van der Waals surface area (Å²) >= 11 is 1.44. The number of nitrogens with zero attached hydrogens (tertiary/aromatic N) is 3. The van der Waals surface area contributed by atoms with Gasteiger partial charge in [0.05, 0.1) is 22.2 Å². The first-order valence-corrected chi connectivity index (χ1v) is 12.4. The average molecular weight is 471 g/mol. The van der Waals surface area contributed by atoms with Crippen molar-refractivity contribution in [2.45, 2.75) is 19.4 Å². The van der Waals surface area contributed by atoms with Crippen LogP contribution >= 0.6 is 11.3 Å². The molecule has 0 aliphatic carbocycles. The summed E-state index contributed by atoms with van der Waals surface area (Å²) in [7, 11) is 0. The van der Waals surface area contributed by atoms with E-state index in [-0.39, 0.29) is 17.7 Å². The summed E-state index contributed by atoms with van der Waals surface area (Å²) in [6, 6.07) is 23.7. The van der Waals surface area contributed by atoms with E-state index in [1.165, 1.54) is 11.3 Å². The Hall–Kier alpha value is -3.71. The molecule has 1 N–H and O–H groups in total. The molecular weight excluding hydrogens is 444 g/mol. The molecule has 2 aromatic heterocycles. The lowest BCUT2D eigenvalue weighted by Gasteiger charge is -2.31. The zero-order valence-corrected chi connectivity index (χ0v) is 19.6. The molecule has 6 nitrogen and oxygen atoms in total. The molecule has 1 saturated heterocycles. The van der Waals surface area contributed by atoms with Gasteiger partial charge >= 0.3 is 0 Å². The molecule has 0 bridgehead atoms. The number of amides is 2. The lowest BCUT2D eigenvalue weighted by molar-refractivity contribution is -0.126. The van der Waals surface area contributed by atoms with Crippen molar-refractivity contribution in [3.05, 3.63) is 94.8 Å². The van der Waals surface area contributed by atoms with Crippen molar-refractivity contribution >= 4 is 23.2 Å². The SMILES string of the molecule is O=C(NCc1cn(-c2ccccc2)nc1-c1ccccc1)C1CCCN(C(=O)c2cccs2)C1. The normalized spacial score (nSPS) is 15.8. The van der Waals surface area contributed by atoms with Crippen LogP contribution in [-0.4, -0.2) is 39.6 Å². The fourth-order valence-electron chi connectivity index (χ4n) is 4.35. The van der Waals surface area contributed by atoms with Gasteiger partial charge in [-0.1, -0.05) is 54.6 Å². The maximum absolute atomic E-state index is 13.1. The van der Waals surface area contributed by atoms with Crippen molar-refractivity contribution in [2.75, 3.05) is 13.1 Å². The summed E-state index contributed by atoms with van der Waals surface area (Å²) in [5, 5.41) is 9.83. The number of aromatic nitrogens is 2. The molecule has 34 heavy (non-hydrogen) atoms. The molecule has 5 rings (SSSR count). The van der Waals surface area contributed by atoms with Gasteiger partial charge in [-0.15, -0.1) is 11.3 Å². The third kappa shape index (κ3) is 4.79. The van der Waals surface area contributed by atoms with Gasteiger partial charge in [0.15, 0.2) is 0 Å². The minimum Gasteiger partial charge on any atom is -0.352 e. The van der Waals surface area contributed by atoms with Crippen molar-refractivity contribution in [1.29, 1.82) is 0 Å². The first-order chi connectivity index (χ1) is 16.7. The number of piperidine rings is 1. The number of para-hydroxylation sites is 1. The minimum absolute atomic E-state index is 0.0167. The Morgan fingerprint density at radius 1 is 1.00 bits per heavy atom. The van der Waals surface area contributed by atoms with Gasteiger partial charge in [-0.25, -0.2) is 4.68 Å². The van der Waals surface area contributed by atoms with Gasteiger partial charge in [0.25, 0.3) is 5.91 Å². The maximum atomic E-state index is 13.1. The lowest BCUT2D eigenvalue weighted by atomic mass is 9.96. The van der Waals surface area contributed by atoms with Crippen LogP contribution in [0.2, 0.25) is 0 Å². The van der Waals surface area contributed by atoms with Crippen LogP contribution in [0.1, 0.15) is 28.1 Å². The standard InChI is InChI=1S/C27H26N4O2S/c32-26(21-11-7-15-30(18-21)27(33)24-14-8-16-34-24)28-17-22-19-31(23-12-5-2-6-13-23)29-25(22)20-9-3-1-4-10-20/h1-6,8-10,12-14,16,19,21H,7,11,15,17-18H2,(H,28,32). The number of likely N-dealkylation sites (tertiary alicyclic amines) is 1. The van der Waals surface area contributed by atoms with E-state index < -0.39 is 0 Å². The van der Waals surface area contributed by atoms with E-state index in [2.05, 4.69) is 5.32 Å². The molecule has 0 radical (unpaired) electrons. The molecule has 1 aliphatic heterocycles. The maximum Gasteiger partial charge on any atom is 0.263 e. The van der Waals surface area contributed by atoms with Crippen molar-refractivity contribution in [3.63, 3.8) is 0 Å². The molecule has 1 unspecified atom stereocenters. The van der Waals surface area contributed by atoms with Crippen molar-refractivity contribution in [1.82, 2.24) is 20.0 Å². The molecule has 1 fully saturated rings. The predicted molar refractivity (Wildman–Crippen MR) is 134 cm³/mol. The molecule has 1 atom stereocenters. The van der Waals surface area contributed by atoms with Gasteiger partial charge in [-0.05, 0) is 36.4 Å². The molecule has 1 aliphatic rings. The van der Waals surface area contributed by atoms with E-state index in [1.54, 1.807) is 0 Å². The third-order valence-electron chi connectivity index (χ3n) is 6.12. The zero-order chi connectivity index (χ0) is 23.3. The van der Waals surface area contributed by atoms with Gasteiger partial charge in [-0.3, -0.25) is 9.59 Å². The summed E-state index contributed by atoms with van der Waals surface area (Å²) < 4.78 is 1.85. The Bertz CT molecular complexity index is 1250. The number of hydrogen-bond acceptors (Lipinski definition) is 4. The monoisotopic (exact) mass is 470 g/mol. The largest absolute Gasteiger partial charge is 0.352 e. The number of thiophene rings is 1. The van der Waals surface area contributed by atoms with Crippen molar-refractivity contribution in [3.8, 4) is 16.9 Å². The molecule has 3 heterocycles. The van der Waals surface area contributed by atoms with E-state index >= 15 is 0 Å². The Kier molecular flexibility index (Phi) is 6.53. The topological polar surface area (TPSA) is 67.2 Å². The predicted octanol–water partition coefficient (Wildman–Crippen LogP) is 4.77. The first-order valence-electron chi connectivity index (χ1n) is 11.5. The van der Waals surface area contributed by atoms with Crippen molar-refractivity contribution < 1.29 is 9.59 Å². The van der Waals surface area contributed by atoms with E-state index in [4.69, 9.17) is 5.10 Å². The van der Waals surface area contributed by atoms with E-state index in [0.29, 0.717) is 19.6 Å². The quantitative estimate of drug-likeness (QED) is 0.441. The summed E-state index contributed by atoms with van der Waals surface area (Å²) in [6.07, 6.45) is 3.59. The van der Waals surface area contributed by atoms with Crippen LogP contribution in [-0.2, 0) is 11.3 Å². The first kappa shape index (κ1) is 22.1. The molecule has 2 aromatic carbocycles. The summed E-state index contributed by atoms with van der Waals surface area (Å²) in [6.45, 7) is 1.53. The molecule has 2 amide bonds. The van der Waals surface area contributed by atoms with Crippen molar-refractivity contribution in [2.24, 2.45) is 5.92 Å². The van der Waals surface area contributed by atoms with E-state index in [0.717, 1.165) is 40.2 Å². The van der Waals surface area contributed by atoms with Gasteiger partial charge in [-0.2, -0.15) is 5.10 Å². The highest BCUT2D eigenvalue weighted by Gasteiger charge is 2.29. The molecule has 7 heteroatoms. The molecule has 0 spiro atoms. The number of rotatable bonds is 6. The second kappa shape index (κ2) is 10.1. The van der Waals surface area contributed by atoms with Crippen LogP contribution in [0.15, 0.2) is 84.4 Å². The van der Waals surface area contributed by atoms with Crippen LogP contribution in [0.4, 0.5) is 0 Å². The van der Waals surface area contributed by atoms with Crippen LogP contribution in [0, 0.1) is 5.92 Å².